The molecule has 3 heterocycles. The smallest absolute Gasteiger partial charge is 0.217 e. The lowest BCUT2D eigenvalue weighted by molar-refractivity contribution is 0.416. The molecule has 0 aliphatic rings. The van der Waals surface area contributed by atoms with Crippen LogP contribution < -0.4 is 5.73 Å². The van der Waals surface area contributed by atoms with Crippen molar-refractivity contribution < 1.29 is 4.42 Å². The Bertz CT molecular complexity index is 713. The van der Waals surface area contributed by atoms with Crippen molar-refractivity contribution in [3.63, 3.8) is 0 Å². The minimum absolute atomic E-state index is 0.0428. The van der Waals surface area contributed by atoms with Crippen LogP contribution in [0, 0.1) is 6.92 Å². The molecule has 0 bridgehead atoms. The van der Waals surface area contributed by atoms with E-state index in [-0.39, 0.29) is 6.04 Å². The number of anilines is 1. The highest BCUT2D eigenvalue weighted by Crippen LogP contribution is 2.25. The van der Waals surface area contributed by atoms with Gasteiger partial charge in [-0.15, -0.1) is 0 Å². The number of nitrogen functional groups attached to an aromatic ring is 1. The minimum atomic E-state index is -0.0428. The lowest BCUT2D eigenvalue weighted by Crippen LogP contribution is -2.07. The third-order valence-electron chi connectivity index (χ3n) is 3.16. The Morgan fingerprint density at radius 3 is 2.70 bits per heavy atom. The van der Waals surface area contributed by atoms with Crippen LogP contribution >= 0.6 is 0 Å². The molecule has 0 aromatic carbocycles. The maximum absolute atomic E-state index is 5.61. The molecule has 1 atom stereocenters. The lowest BCUT2D eigenvalue weighted by atomic mass is 10.2. The molecule has 0 spiro atoms. The van der Waals surface area contributed by atoms with Crippen molar-refractivity contribution in [3.8, 4) is 11.3 Å². The van der Waals surface area contributed by atoms with Crippen LogP contribution in [0.3, 0.4) is 0 Å². The molecule has 3 aromatic heterocycles. The second-order valence-corrected chi connectivity index (χ2v) is 4.64. The van der Waals surface area contributed by atoms with Gasteiger partial charge in [-0.25, -0.2) is 15.0 Å². The highest BCUT2D eigenvalue weighted by Gasteiger charge is 2.17. The van der Waals surface area contributed by atoms with E-state index in [1.807, 2.05) is 24.5 Å². The molecule has 102 valence electrons. The quantitative estimate of drug-likeness (QED) is 0.789. The Hall–Kier alpha value is -2.63. The third-order valence-corrected chi connectivity index (χ3v) is 3.16. The summed E-state index contributed by atoms with van der Waals surface area (Å²) in [5.74, 6) is 1.95. The van der Waals surface area contributed by atoms with Gasteiger partial charge in [0.2, 0.25) is 5.89 Å². The van der Waals surface area contributed by atoms with Crippen LogP contribution in [-0.4, -0.2) is 19.5 Å². The van der Waals surface area contributed by atoms with E-state index in [4.69, 9.17) is 10.2 Å². The molecule has 3 rings (SSSR count). The van der Waals surface area contributed by atoms with Crippen LogP contribution in [-0.2, 0) is 0 Å². The molecule has 0 fully saturated rings. The summed E-state index contributed by atoms with van der Waals surface area (Å²) in [4.78, 5) is 12.6. The lowest BCUT2D eigenvalue weighted by Gasteiger charge is -2.13. The Morgan fingerprint density at radius 2 is 2.05 bits per heavy atom. The monoisotopic (exact) mass is 269 g/mol. The number of oxazole rings is 1. The van der Waals surface area contributed by atoms with Gasteiger partial charge in [0.15, 0.2) is 0 Å². The number of nitrogens with zero attached hydrogens (tertiary/aromatic N) is 4. The molecular weight excluding hydrogens is 254 g/mol. The maximum atomic E-state index is 5.61. The van der Waals surface area contributed by atoms with Gasteiger partial charge in [0.25, 0.3) is 0 Å². The van der Waals surface area contributed by atoms with E-state index >= 15 is 0 Å². The predicted molar refractivity (Wildman–Crippen MR) is 74.9 cm³/mol. The van der Waals surface area contributed by atoms with Crippen molar-refractivity contribution in [2.45, 2.75) is 19.9 Å². The molecule has 0 aliphatic carbocycles. The average molecular weight is 269 g/mol. The molecule has 2 N–H and O–H groups in total. The summed E-state index contributed by atoms with van der Waals surface area (Å²) < 4.78 is 7.58. The number of hydrogen-bond acceptors (Lipinski definition) is 5. The second kappa shape index (κ2) is 4.80. The minimum Gasteiger partial charge on any atom is -0.444 e. The van der Waals surface area contributed by atoms with Crippen LogP contribution in [0.25, 0.3) is 11.3 Å². The van der Waals surface area contributed by atoms with Crippen molar-refractivity contribution >= 4 is 5.82 Å². The van der Waals surface area contributed by atoms with Gasteiger partial charge in [0.1, 0.15) is 17.6 Å². The zero-order valence-electron chi connectivity index (χ0n) is 11.3. The Labute approximate surface area is 116 Å². The summed E-state index contributed by atoms with van der Waals surface area (Å²) in [6, 6.07) is 3.65. The average Bonchev–Trinajstić information content (AvgIpc) is 3.07. The predicted octanol–water partition coefficient (Wildman–Crippen LogP) is 2.43. The number of nitrogens with two attached hydrogens (primary N) is 1. The number of pyridine rings is 1. The standard InChI is InChI=1S/C14H15N5O/c1-9-5-18-14(20-9)10(2)19-8-16-7-12(19)11-3-4-13(15)17-6-11/h3-8,10H,1-2H3,(H2,15,17). The zero-order chi connectivity index (χ0) is 14.1. The molecular formula is C14H15N5O. The van der Waals surface area contributed by atoms with Crippen molar-refractivity contribution in [1.82, 2.24) is 19.5 Å². The molecule has 1 unspecified atom stereocenters. The molecule has 6 nitrogen and oxygen atoms in total. The van der Waals surface area contributed by atoms with E-state index in [1.165, 1.54) is 0 Å². The molecule has 0 saturated carbocycles. The van der Waals surface area contributed by atoms with Crippen LogP contribution in [0.4, 0.5) is 5.82 Å². The Morgan fingerprint density at radius 1 is 1.20 bits per heavy atom. The van der Waals surface area contributed by atoms with Crippen LogP contribution in [0.15, 0.2) is 41.5 Å². The topological polar surface area (TPSA) is 82.8 Å². The number of rotatable bonds is 3. The van der Waals surface area contributed by atoms with Crippen LogP contribution in [0.1, 0.15) is 24.6 Å². The van der Waals surface area contributed by atoms with Gasteiger partial charge < -0.3 is 14.7 Å². The molecule has 20 heavy (non-hydrogen) atoms. The summed E-state index contributed by atoms with van der Waals surface area (Å²) in [6.45, 7) is 3.89. The van der Waals surface area contributed by atoms with Gasteiger partial charge in [-0.1, -0.05) is 0 Å². The number of hydrogen-bond donors (Lipinski definition) is 1. The van der Waals surface area contributed by atoms with Gasteiger partial charge in [0.05, 0.1) is 24.4 Å². The zero-order valence-corrected chi connectivity index (χ0v) is 11.3. The summed E-state index contributed by atoms with van der Waals surface area (Å²) in [5, 5.41) is 0. The number of aromatic nitrogens is 4. The molecule has 6 heteroatoms. The fourth-order valence-corrected chi connectivity index (χ4v) is 2.08. The first-order chi connectivity index (χ1) is 9.65. The van der Waals surface area contributed by atoms with E-state index in [0.29, 0.717) is 11.7 Å². The fourth-order valence-electron chi connectivity index (χ4n) is 2.08. The number of aryl methyl sites for hydroxylation is 1. The first kappa shape index (κ1) is 12.4. The van der Waals surface area contributed by atoms with Gasteiger partial charge in [-0.05, 0) is 26.0 Å². The number of imidazole rings is 1. The van der Waals surface area contributed by atoms with Crippen molar-refractivity contribution in [3.05, 3.63) is 48.7 Å². The Balaban J connectivity index is 1.99. The van der Waals surface area contributed by atoms with Gasteiger partial charge in [-0.3, -0.25) is 0 Å². The summed E-state index contributed by atoms with van der Waals surface area (Å²) in [5.41, 5.74) is 7.51. The second-order valence-electron chi connectivity index (χ2n) is 4.64. The van der Waals surface area contributed by atoms with E-state index in [1.54, 1.807) is 31.0 Å². The largest absolute Gasteiger partial charge is 0.444 e. The molecule has 0 saturated heterocycles. The highest BCUT2D eigenvalue weighted by atomic mass is 16.4. The van der Waals surface area contributed by atoms with Gasteiger partial charge in [-0.2, -0.15) is 0 Å². The normalized spacial score (nSPS) is 12.5. The van der Waals surface area contributed by atoms with Gasteiger partial charge in [0, 0.05) is 11.8 Å². The first-order valence-electron chi connectivity index (χ1n) is 6.31. The van der Waals surface area contributed by atoms with Crippen LogP contribution in [0.5, 0.6) is 0 Å². The summed E-state index contributed by atoms with van der Waals surface area (Å²) >= 11 is 0. The van der Waals surface area contributed by atoms with E-state index in [2.05, 4.69) is 15.0 Å². The van der Waals surface area contributed by atoms with Crippen LogP contribution in [0.2, 0.25) is 0 Å². The van der Waals surface area contributed by atoms with Crippen molar-refractivity contribution in [2.24, 2.45) is 0 Å². The molecule has 0 amide bonds. The molecule has 0 aliphatic heterocycles. The van der Waals surface area contributed by atoms with E-state index < -0.39 is 0 Å². The van der Waals surface area contributed by atoms with E-state index in [0.717, 1.165) is 17.0 Å². The van der Waals surface area contributed by atoms with Crippen molar-refractivity contribution in [2.75, 3.05) is 5.73 Å². The Kier molecular flexibility index (Phi) is 2.98. The van der Waals surface area contributed by atoms with Crippen molar-refractivity contribution in [1.29, 1.82) is 0 Å². The SMILES string of the molecule is Cc1cnc(C(C)n2cncc2-c2ccc(N)nc2)o1. The third kappa shape index (κ3) is 2.16. The highest BCUT2D eigenvalue weighted by molar-refractivity contribution is 5.59. The maximum Gasteiger partial charge on any atom is 0.217 e. The first-order valence-corrected chi connectivity index (χ1v) is 6.31. The molecule has 0 radical (unpaired) electrons. The van der Waals surface area contributed by atoms with Gasteiger partial charge >= 0.3 is 0 Å². The summed E-state index contributed by atoms with van der Waals surface area (Å²) in [7, 11) is 0. The fraction of sp³-hybridized carbons (Fsp3) is 0.214. The summed E-state index contributed by atoms with van der Waals surface area (Å²) in [6.07, 6.45) is 7.00. The van der Waals surface area contributed by atoms with E-state index in [9.17, 15) is 0 Å². The molecule has 3 aromatic rings.